The third-order valence-electron chi connectivity index (χ3n) is 7.41. The van der Waals surface area contributed by atoms with Crippen molar-refractivity contribution in [3.05, 3.63) is 63.4 Å². The number of esters is 1. The summed E-state index contributed by atoms with van der Waals surface area (Å²) < 4.78 is 20.7. The van der Waals surface area contributed by atoms with Gasteiger partial charge < -0.3 is 14.8 Å². The number of carbonyl (C=O) groups excluding carboxylic acids is 2. The van der Waals surface area contributed by atoms with E-state index in [2.05, 4.69) is 10.6 Å². The Kier molecular flexibility index (Phi) is 6.72. The fourth-order valence-electron chi connectivity index (χ4n) is 6.04. The Bertz CT molecular complexity index is 1070. The fraction of sp³-hybridized carbons (Fsp3) is 0.440. The van der Waals surface area contributed by atoms with Crippen molar-refractivity contribution in [2.45, 2.75) is 55.0 Å². The van der Waals surface area contributed by atoms with E-state index in [1.165, 1.54) is 13.2 Å². The predicted molar refractivity (Wildman–Crippen MR) is 128 cm³/mol. The molecule has 1 heterocycles. The van der Waals surface area contributed by atoms with Gasteiger partial charge in [-0.2, -0.15) is 0 Å². The number of nitrogens with one attached hydrogen (secondary N) is 2. The van der Waals surface area contributed by atoms with E-state index in [1.807, 2.05) is 0 Å². The van der Waals surface area contributed by atoms with E-state index >= 15 is 4.39 Å². The van der Waals surface area contributed by atoms with Crippen molar-refractivity contribution >= 4 is 41.1 Å². The summed E-state index contributed by atoms with van der Waals surface area (Å²) in [7, 11) is 3.04. The van der Waals surface area contributed by atoms with Gasteiger partial charge in [0.2, 0.25) is 0 Å². The van der Waals surface area contributed by atoms with Crippen LogP contribution in [-0.2, 0) is 19.7 Å². The number of ether oxygens (including phenoxy) is 1. The summed E-state index contributed by atoms with van der Waals surface area (Å²) in [5, 5.41) is 7.06. The number of aldehydes is 1. The molecule has 2 aromatic carbocycles. The molecule has 4 rings (SSSR count). The number of methoxy groups -OCH3 is 1. The molecule has 1 spiro atoms. The first-order chi connectivity index (χ1) is 15.8. The highest BCUT2D eigenvalue weighted by molar-refractivity contribution is 6.31. The normalized spacial score (nSPS) is 26.2. The second-order valence-corrected chi connectivity index (χ2v) is 9.68. The molecule has 1 aliphatic carbocycles. The van der Waals surface area contributed by atoms with Gasteiger partial charge in [0.05, 0.1) is 17.5 Å². The van der Waals surface area contributed by atoms with Crippen molar-refractivity contribution in [2.75, 3.05) is 19.5 Å². The van der Waals surface area contributed by atoms with Crippen LogP contribution in [0.4, 0.5) is 10.1 Å². The zero-order valence-electron chi connectivity index (χ0n) is 18.6. The molecule has 2 aliphatic rings. The first-order valence-corrected chi connectivity index (χ1v) is 11.8. The molecule has 8 heteroatoms. The van der Waals surface area contributed by atoms with E-state index in [-0.39, 0.29) is 10.6 Å². The van der Waals surface area contributed by atoms with Crippen LogP contribution >= 0.6 is 23.2 Å². The van der Waals surface area contributed by atoms with Crippen LogP contribution in [0.5, 0.6) is 0 Å². The number of hydrogen-bond acceptors (Lipinski definition) is 5. The zero-order chi connectivity index (χ0) is 23.8. The van der Waals surface area contributed by atoms with Crippen molar-refractivity contribution in [1.29, 1.82) is 0 Å². The van der Waals surface area contributed by atoms with Crippen LogP contribution in [0, 0.1) is 5.82 Å². The summed E-state index contributed by atoms with van der Waals surface area (Å²) in [6.07, 6.45) is 4.99. The molecule has 0 aromatic heterocycles. The van der Waals surface area contributed by atoms with E-state index in [9.17, 15) is 9.59 Å². The molecule has 3 unspecified atom stereocenters. The van der Waals surface area contributed by atoms with Crippen LogP contribution < -0.4 is 10.6 Å². The largest absolute Gasteiger partial charge is 0.468 e. The first-order valence-electron chi connectivity index (χ1n) is 11.1. The van der Waals surface area contributed by atoms with Crippen molar-refractivity contribution in [3.8, 4) is 0 Å². The third-order valence-corrected chi connectivity index (χ3v) is 7.94. The summed E-state index contributed by atoms with van der Waals surface area (Å²) >= 11 is 12.4. The lowest BCUT2D eigenvalue weighted by atomic mass is 9.55. The lowest BCUT2D eigenvalue weighted by Gasteiger charge is -2.48. The number of hydrogen-bond donors (Lipinski definition) is 2. The SMILES string of the molecule is CNc1cc(Cl)ccc1C1(C=O)C(c2cccc(Cl)c2F)C(C(=O)OC)NC12CCCCC2. The van der Waals surface area contributed by atoms with Gasteiger partial charge in [-0.15, -0.1) is 0 Å². The molecule has 0 bridgehead atoms. The molecule has 2 N–H and O–H groups in total. The van der Waals surface area contributed by atoms with Crippen LogP contribution in [0.25, 0.3) is 0 Å². The number of halogens is 3. The minimum absolute atomic E-state index is 0.0644. The van der Waals surface area contributed by atoms with E-state index in [4.69, 9.17) is 27.9 Å². The molecule has 0 radical (unpaired) electrons. The smallest absolute Gasteiger partial charge is 0.323 e. The van der Waals surface area contributed by atoms with Gasteiger partial charge >= 0.3 is 5.97 Å². The second kappa shape index (κ2) is 9.24. The maximum atomic E-state index is 15.5. The van der Waals surface area contributed by atoms with Crippen LogP contribution in [-0.4, -0.2) is 38.0 Å². The van der Waals surface area contributed by atoms with Crippen molar-refractivity contribution in [3.63, 3.8) is 0 Å². The minimum Gasteiger partial charge on any atom is -0.468 e. The van der Waals surface area contributed by atoms with E-state index in [1.54, 1.807) is 37.4 Å². The van der Waals surface area contributed by atoms with Crippen molar-refractivity contribution < 1.29 is 18.7 Å². The van der Waals surface area contributed by atoms with Gasteiger partial charge in [-0.3, -0.25) is 10.1 Å². The van der Waals surface area contributed by atoms with Crippen LogP contribution in [0.3, 0.4) is 0 Å². The van der Waals surface area contributed by atoms with E-state index in [0.717, 1.165) is 25.5 Å². The maximum Gasteiger partial charge on any atom is 0.323 e. The van der Waals surface area contributed by atoms with Gasteiger partial charge in [0.1, 0.15) is 18.1 Å². The van der Waals surface area contributed by atoms with Crippen molar-refractivity contribution in [2.24, 2.45) is 0 Å². The molecular weight excluding hydrogens is 466 g/mol. The Labute approximate surface area is 203 Å². The first kappa shape index (κ1) is 24.0. The summed E-state index contributed by atoms with van der Waals surface area (Å²) in [6.45, 7) is 0. The number of benzene rings is 2. The van der Waals surface area contributed by atoms with Crippen LogP contribution in [0.15, 0.2) is 36.4 Å². The minimum atomic E-state index is -1.28. The molecule has 1 saturated heterocycles. The highest BCUT2D eigenvalue weighted by atomic mass is 35.5. The molecule has 1 saturated carbocycles. The van der Waals surface area contributed by atoms with Gasteiger partial charge in [-0.25, -0.2) is 4.39 Å². The van der Waals surface area contributed by atoms with Gasteiger partial charge in [0.25, 0.3) is 0 Å². The molecular formula is C25H27Cl2FN2O3. The van der Waals surface area contributed by atoms with E-state index < -0.39 is 34.7 Å². The zero-order valence-corrected chi connectivity index (χ0v) is 20.1. The molecule has 5 nitrogen and oxygen atoms in total. The molecule has 2 aromatic rings. The Morgan fingerprint density at radius 2 is 1.94 bits per heavy atom. The molecule has 176 valence electrons. The quantitative estimate of drug-likeness (QED) is 0.441. The van der Waals surface area contributed by atoms with Gasteiger partial charge in [0.15, 0.2) is 0 Å². The Balaban J connectivity index is 2.09. The molecule has 0 amide bonds. The van der Waals surface area contributed by atoms with E-state index in [0.29, 0.717) is 29.1 Å². The molecule has 3 atom stereocenters. The summed E-state index contributed by atoms with van der Waals surface area (Å²) in [5.74, 6) is -2.07. The highest BCUT2D eigenvalue weighted by Gasteiger charge is 2.67. The van der Waals surface area contributed by atoms with Gasteiger partial charge in [0, 0.05) is 29.2 Å². The summed E-state index contributed by atoms with van der Waals surface area (Å²) in [4.78, 5) is 26.5. The Morgan fingerprint density at radius 1 is 1.21 bits per heavy atom. The summed E-state index contributed by atoms with van der Waals surface area (Å²) in [6, 6.07) is 9.01. The van der Waals surface area contributed by atoms with Crippen LogP contribution in [0.1, 0.15) is 49.1 Å². The topological polar surface area (TPSA) is 67.4 Å². The predicted octanol–water partition coefficient (Wildman–Crippen LogP) is 5.24. The molecule has 1 aliphatic heterocycles. The van der Waals surface area contributed by atoms with Crippen LogP contribution in [0.2, 0.25) is 10.0 Å². The van der Waals surface area contributed by atoms with Gasteiger partial charge in [-0.05, 0) is 42.2 Å². The number of rotatable bonds is 5. The molecule has 2 fully saturated rings. The highest BCUT2D eigenvalue weighted by Crippen LogP contribution is 2.59. The monoisotopic (exact) mass is 492 g/mol. The second-order valence-electron chi connectivity index (χ2n) is 8.84. The standard InChI is InChI=1S/C25H27Cl2FN2O3/c1-29-19-13-15(26)9-10-17(19)25(14-31)20(16-7-6-8-18(27)21(16)28)22(23(32)33-2)30-24(25)11-4-3-5-12-24/h6-10,13-14,20,22,29-30H,3-5,11-12H2,1-2H3. The maximum absolute atomic E-state index is 15.5. The average molecular weight is 493 g/mol. The number of anilines is 1. The lowest BCUT2D eigenvalue weighted by Crippen LogP contribution is -2.58. The molecule has 33 heavy (non-hydrogen) atoms. The lowest BCUT2D eigenvalue weighted by molar-refractivity contribution is -0.143. The summed E-state index contributed by atoms with van der Waals surface area (Å²) in [5.41, 5.74) is -0.531. The fourth-order valence-corrected chi connectivity index (χ4v) is 6.39. The average Bonchev–Trinajstić information content (AvgIpc) is 3.10. The third kappa shape index (κ3) is 3.63. The Hall–Kier alpha value is -2.15. The number of carbonyl (C=O) groups is 2. The Morgan fingerprint density at radius 3 is 2.58 bits per heavy atom. The van der Waals surface area contributed by atoms with Crippen molar-refractivity contribution in [1.82, 2.24) is 5.32 Å². The van der Waals surface area contributed by atoms with Gasteiger partial charge in [-0.1, -0.05) is 60.7 Å².